The van der Waals surface area contributed by atoms with Crippen LogP contribution in [0.15, 0.2) is 36.4 Å². The van der Waals surface area contributed by atoms with Gasteiger partial charge in [0.2, 0.25) is 0 Å². The molecule has 0 aliphatic rings. The van der Waals surface area contributed by atoms with Crippen molar-refractivity contribution in [2.45, 2.75) is 19.2 Å². The fourth-order valence-electron chi connectivity index (χ4n) is 3.11. The first-order valence-corrected chi connectivity index (χ1v) is 10.1. The highest BCUT2D eigenvalue weighted by Crippen LogP contribution is 2.37. The van der Waals surface area contributed by atoms with Gasteiger partial charge in [0, 0.05) is 23.6 Å². The highest BCUT2D eigenvalue weighted by Gasteiger charge is 2.41. The molecule has 0 heterocycles. The van der Waals surface area contributed by atoms with Crippen LogP contribution in [0.2, 0.25) is 0 Å². The van der Waals surface area contributed by atoms with Crippen LogP contribution in [-0.2, 0) is 6.11 Å². The molecular formula is C26H12F10O2. The van der Waals surface area contributed by atoms with E-state index in [1.807, 2.05) is 0 Å². The molecule has 38 heavy (non-hydrogen) atoms. The lowest BCUT2D eigenvalue weighted by Gasteiger charge is -2.20. The Morgan fingerprint density at radius 2 is 1.21 bits per heavy atom. The van der Waals surface area contributed by atoms with Gasteiger partial charge in [-0.3, -0.25) is 0 Å². The van der Waals surface area contributed by atoms with E-state index in [9.17, 15) is 43.9 Å². The third kappa shape index (κ3) is 6.51. The SMILES string of the molecule is COc1cc(OC(F)(F)c2c(F)cc(C)cc2F)cc(F)c1C#Cc1cc(F)c(C#CC(F)(F)F)c(F)c1. The average Bonchev–Trinajstić information content (AvgIpc) is 2.75. The van der Waals surface area contributed by atoms with E-state index in [4.69, 9.17) is 4.74 Å². The lowest BCUT2D eigenvalue weighted by molar-refractivity contribution is -0.189. The predicted octanol–water partition coefficient (Wildman–Crippen LogP) is 7.14. The molecule has 198 valence electrons. The van der Waals surface area contributed by atoms with E-state index < -0.39 is 75.1 Å². The summed E-state index contributed by atoms with van der Waals surface area (Å²) in [5, 5.41) is 0. The minimum Gasteiger partial charge on any atom is -0.495 e. The average molecular weight is 546 g/mol. The van der Waals surface area contributed by atoms with Gasteiger partial charge in [0.05, 0.1) is 12.7 Å². The molecule has 0 bridgehead atoms. The van der Waals surface area contributed by atoms with Crippen LogP contribution >= 0.6 is 0 Å². The number of hydrogen-bond donors (Lipinski definition) is 0. The molecule has 0 spiro atoms. The summed E-state index contributed by atoms with van der Waals surface area (Å²) in [6.45, 7) is 1.27. The zero-order valence-corrected chi connectivity index (χ0v) is 19.1. The third-order valence-electron chi connectivity index (χ3n) is 4.67. The molecule has 2 nitrogen and oxygen atoms in total. The molecule has 0 N–H and O–H groups in total. The van der Waals surface area contributed by atoms with Gasteiger partial charge in [0.25, 0.3) is 0 Å². The molecular weight excluding hydrogens is 534 g/mol. The fourth-order valence-corrected chi connectivity index (χ4v) is 3.11. The molecule has 0 saturated carbocycles. The van der Waals surface area contributed by atoms with Crippen molar-refractivity contribution in [2.24, 2.45) is 0 Å². The van der Waals surface area contributed by atoms with Crippen molar-refractivity contribution in [1.29, 1.82) is 0 Å². The van der Waals surface area contributed by atoms with Crippen molar-refractivity contribution in [3.05, 3.63) is 93.3 Å². The Balaban J connectivity index is 1.96. The van der Waals surface area contributed by atoms with Crippen LogP contribution in [0.25, 0.3) is 0 Å². The summed E-state index contributed by atoms with van der Waals surface area (Å²) in [5.74, 6) is -2.50. The van der Waals surface area contributed by atoms with Crippen molar-refractivity contribution >= 4 is 0 Å². The Hall–Kier alpha value is -4.32. The maximum absolute atomic E-state index is 14.7. The molecule has 0 radical (unpaired) electrons. The van der Waals surface area contributed by atoms with Crippen LogP contribution in [0.1, 0.15) is 27.8 Å². The first-order valence-electron chi connectivity index (χ1n) is 10.1. The van der Waals surface area contributed by atoms with Crippen LogP contribution in [-0.4, -0.2) is 13.3 Å². The first kappa shape index (κ1) is 28.3. The summed E-state index contributed by atoms with van der Waals surface area (Å²) in [6.07, 6.45) is -9.56. The van der Waals surface area contributed by atoms with E-state index in [0.29, 0.717) is 30.3 Å². The van der Waals surface area contributed by atoms with Gasteiger partial charge in [0.1, 0.15) is 51.7 Å². The van der Waals surface area contributed by atoms with Crippen molar-refractivity contribution < 1.29 is 53.4 Å². The molecule has 0 saturated heterocycles. The quantitative estimate of drug-likeness (QED) is 0.256. The van der Waals surface area contributed by atoms with Crippen LogP contribution in [0.4, 0.5) is 43.9 Å². The van der Waals surface area contributed by atoms with E-state index in [0.717, 1.165) is 19.1 Å². The largest absolute Gasteiger partial charge is 0.495 e. The summed E-state index contributed by atoms with van der Waals surface area (Å²) in [5.41, 5.74) is -3.87. The smallest absolute Gasteiger partial charge is 0.458 e. The Morgan fingerprint density at radius 3 is 1.74 bits per heavy atom. The number of ether oxygens (including phenoxy) is 2. The summed E-state index contributed by atoms with van der Waals surface area (Å²) < 4.78 is 146. The number of hydrogen-bond acceptors (Lipinski definition) is 2. The molecule has 12 heteroatoms. The van der Waals surface area contributed by atoms with E-state index in [1.165, 1.54) is 12.8 Å². The second kappa shape index (κ2) is 10.6. The van der Waals surface area contributed by atoms with Crippen LogP contribution in [0.3, 0.4) is 0 Å². The van der Waals surface area contributed by atoms with E-state index in [2.05, 4.69) is 16.6 Å². The molecule has 3 rings (SSSR count). The van der Waals surface area contributed by atoms with Crippen molar-refractivity contribution in [2.75, 3.05) is 7.11 Å². The van der Waals surface area contributed by atoms with E-state index in [1.54, 1.807) is 0 Å². The van der Waals surface area contributed by atoms with Gasteiger partial charge in [-0.05, 0) is 36.8 Å². The molecule has 3 aromatic carbocycles. The van der Waals surface area contributed by atoms with Gasteiger partial charge >= 0.3 is 12.3 Å². The Bertz CT molecular complexity index is 1470. The van der Waals surface area contributed by atoms with Crippen molar-refractivity contribution in [3.8, 4) is 35.2 Å². The zero-order chi connectivity index (χ0) is 28.4. The van der Waals surface area contributed by atoms with Crippen LogP contribution < -0.4 is 9.47 Å². The maximum Gasteiger partial charge on any atom is 0.458 e. The molecule has 3 aromatic rings. The van der Waals surface area contributed by atoms with E-state index in [-0.39, 0.29) is 5.56 Å². The molecule has 0 aliphatic heterocycles. The third-order valence-corrected chi connectivity index (χ3v) is 4.67. The summed E-state index contributed by atoms with van der Waals surface area (Å²) in [7, 11) is 0.995. The highest BCUT2D eigenvalue weighted by molar-refractivity contribution is 5.54. The minimum atomic E-state index is -4.99. The predicted molar refractivity (Wildman–Crippen MR) is 114 cm³/mol. The zero-order valence-electron chi connectivity index (χ0n) is 19.1. The normalized spacial score (nSPS) is 11.3. The molecule has 0 amide bonds. The lowest BCUT2D eigenvalue weighted by atomic mass is 10.1. The number of benzene rings is 3. The van der Waals surface area contributed by atoms with Gasteiger partial charge < -0.3 is 9.47 Å². The lowest BCUT2D eigenvalue weighted by Crippen LogP contribution is -2.25. The van der Waals surface area contributed by atoms with E-state index >= 15 is 0 Å². The Kier molecular flexibility index (Phi) is 7.87. The number of rotatable bonds is 4. The summed E-state index contributed by atoms with van der Waals surface area (Å²) in [4.78, 5) is 0. The number of aryl methyl sites for hydroxylation is 1. The number of methoxy groups -OCH3 is 1. The monoisotopic (exact) mass is 546 g/mol. The topological polar surface area (TPSA) is 18.5 Å². The maximum atomic E-state index is 14.7. The van der Waals surface area contributed by atoms with Gasteiger partial charge in [-0.2, -0.15) is 22.0 Å². The summed E-state index contributed by atoms with van der Waals surface area (Å²) >= 11 is 0. The van der Waals surface area contributed by atoms with Crippen molar-refractivity contribution in [1.82, 2.24) is 0 Å². The minimum absolute atomic E-state index is 0.0267. The summed E-state index contributed by atoms with van der Waals surface area (Å²) in [6, 6.07) is 3.52. The van der Waals surface area contributed by atoms with Gasteiger partial charge in [-0.25, -0.2) is 22.0 Å². The second-order valence-electron chi connectivity index (χ2n) is 7.52. The van der Waals surface area contributed by atoms with Gasteiger partial charge in [0.15, 0.2) is 0 Å². The highest BCUT2D eigenvalue weighted by atomic mass is 19.4. The standard InChI is InChI=1S/C26H12F10O2/c1-13-7-21(30)24(22(31)8-13)26(35,36)38-15-11-20(29)17(23(12-15)37-2)4-3-14-9-18(27)16(19(28)10-14)5-6-25(32,33)34/h7-12H,1-2H3. The first-order chi connectivity index (χ1) is 17.6. The molecule has 0 aliphatic carbocycles. The Morgan fingerprint density at radius 1 is 0.658 bits per heavy atom. The fraction of sp³-hybridized carbons (Fsp3) is 0.154. The number of halogens is 10. The van der Waals surface area contributed by atoms with Crippen LogP contribution in [0, 0.1) is 59.7 Å². The van der Waals surface area contributed by atoms with Crippen LogP contribution in [0.5, 0.6) is 11.5 Å². The number of alkyl halides is 5. The van der Waals surface area contributed by atoms with Crippen molar-refractivity contribution in [3.63, 3.8) is 0 Å². The molecule has 0 fully saturated rings. The molecule has 0 unspecified atom stereocenters. The molecule has 0 atom stereocenters. The Labute approximate surface area is 208 Å². The molecule has 0 aromatic heterocycles. The van der Waals surface area contributed by atoms with Gasteiger partial charge in [-0.1, -0.05) is 17.8 Å². The second-order valence-corrected chi connectivity index (χ2v) is 7.52. The van der Waals surface area contributed by atoms with Gasteiger partial charge in [-0.15, -0.1) is 0 Å².